The molecule has 0 fully saturated rings. The number of carbonyl (C=O) groups is 2. The second-order valence-electron chi connectivity index (χ2n) is 3.91. The molecule has 1 N–H and O–H groups in total. The smallest absolute Gasteiger partial charge is 0.282 e. The number of nitro benzene ring substituents is 1. The molecule has 7 nitrogen and oxygen atoms in total. The third kappa shape index (κ3) is 3.67. The lowest BCUT2D eigenvalue weighted by atomic mass is 10.1. The lowest BCUT2D eigenvalue weighted by Gasteiger charge is -2.19. The molecule has 1 aromatic rings. The number of amides is 2. The number of nitrogens with one attached hydrogen (secondary N) is 1. The highest BCUT2D eigenvalue weighted by Crippen LogP contribution is 2.24. The monoisotopic (exact) mass is 299 g/mol. The number of hydrogen-bond donors (Lipinski definition) is 1. The van der Waals surface area contributed by atoms with Gasteiger partial charge in [-0.05, 0) is 19.1 Å². The minimum absolute atomic E-state index is 0.131. The summed E-state index contributed by atoms with van der Waals surface area (Å²) in [4.78, 5) is 35.1. The van der Waals surface area contributed by atoms with Crippen LogP contribution in [0.4, 0.5) is 5.69 Å². The quantitative estimate of drug-likeness (QED) is 0.658. The van der Waals surface area contributed by atoms with E-state index >= 15 is 0 Å². The van der Waals surface area contributed by atoms with Crippen molar-refractivity contribution in [2.24, 2.45) is 0 Å². The molecule has 0 aliphatic carbocycles. The van der Waals surface area contributed by atoms with Crippen LogP contribution in [-0.4, -0.2) is 41.8 Å². The second kappa shape index (κ2) is 6.85. The molecule has 0 bridgehead atoms. The van der Waals surface area contributed by atoms with Crippen LogP contribution in [0.25, 0.3) is 0 Å². The summed E-state index contributed by atoms with van der Waals surface area (Å²) in [5, 5.41) is 13.5. The molecule has 1 aromatic carbocycles. The first kappa shape index (κ1) is 15.9. The van der Waals surface area contributed by atoms with Gasteiger partial charge in [0.25, 0.3) is 11.6 Å². The SMILES string of the molecule is CCN(CC(=O)NC)C(=O)c1cc(Cl)ccc1[N+](=O)[O-]. The molecule has 0 saturated heterocycles. The minimum atomic E-state index is -0.655. The molecule has 8 heteroatoms. The molecule has 1 rings (SSSR count). The fourth-order valence-electron chi connectivity index (χ4n) is 1.59. The fourth-order valence-corrected chi connectivity index (χ4v) is 1.76. The second-order valence-corrected chi connectivity index (χ2v) is 4.35. The van der Waals surface area contributed by atoms with Gasteiger partial charge in [-0.3, -0.25) is 19.7 Å². The summed E-state index contributed by atoms with van der Waals surface area (Å²) < 4.78 is 0. The van der Waals surface area contributed by atoms with Crippen LogP contribution in [-0.2, 0) is 4.79 Å². The van der Waals surface area contributed by atoms with Gasteiger partial charge < -0.3 is 10.2 Å². The molecule has 0 aliphatic rings. The predicted octanol–water partition coefficient (Wildman–Crippen LogP) is 1.46. The molecular formula is C12H14ClN3O4. The predicted molar refractivity (Wildman–Crippen MR) is 73.8 cm³/mol. The number of benzene rings is 1. The summed E-state index contributed by atoms with van der Waals surface area (Å²) in [7, 11) is 1.45. The van der Waals surface area contributed by atoms with E-state index in [2.05, 4.69) is 5.32 Å². The van der Waals surface area contributed by atoms with E-state index in [1.165, 1.54) is 30.1 Å². The van der Waals surface area contributed by atoms with E-state index in [0.717, 1.165) is 0 Å². The van der Waals surface area contributed by atoms with Crippen LogP contribution in [0.3, 0.4) is 0 Å². The van der Waals surface area contributed by atoms with Crippen LogP contribution in [0.2, 0.25) is 5.02 Å². The van der Waals surface area contributed by atoms with Crippen molar-refractivity contribution in [1.82, 2.24) is 10.2 Å². The summed E-state index contributed by atoms with van der Waals surface area (Å²) in [5.74, 6) is -0.963. The summed E-state index contributed by atoms with van der Waals surface area (Å²) in [5.41, 5.74) is -0.469. The zero-order valence-corrected chi connectivity index (χ0v) is 11.8. The standard InChI is InChI=1S/C12H14ClN3O4/c1-3-15(7-11(17)14-2)12(18)9-6-8(13)4-5-10(9)16(19)20/h4-6H,3,7H2,1-2H3,(H,14,17). The van der Waals surface area contributed by atoms with E-state index < -0.39 is 10.8 Å². The van der Waals surface area contributed by atoms with Gasteiger partial charge in [-0.2, -0.15) is 0 Å². The topological polar surface area (TPSA) is 92.6 Å². The number of halogens is 1. The molecule has 0 aromatic heterocycles. The van der Waals surface area contributed by atoms with Crippen molar-refractivity contribution in [3.05, 3.63) is 38.9 Å². The maximum absolute atomic E-state index is 12.3. The van der Waals surface area contributed by atoms with Gasteiger partial charge in [-0.15, -0.1) is 0 Å². The minimum Gasteiger partial charge on any atom is -0.358 e. The van der Waals surface area contributed by atoms with E-state index in [-0.39, 0.29) is 35.3 Å². The van der Waals surface area contributed by atoms with Crippen molar-refractivity contribution in [1.29, 1.82) is 0 Å². The summed E-state index contributed by atoms with van der Waals surface area (Å²) in [6.45, 7) is 1.75. The maximum atomic E-state index is 12.3. The lowest BCUT2D eigenvalue weighted by molar-refractivity contribution is -0.385. The summed E-state index contributed by atoms with van der Waals surface area (Å²) >= 11 is 5.77. The Morgan fingerprint density at radius 3 is 2.60 bits per heavy atom. The zero-order valence-electron chi connectivity index (χ0n) is 11.1. The first-order valence-corrected chi connectivity index (χ1v) is 6.22. The highest BCUT2D eigenvalue weighted by atomic mass is 35.5. The number of nitrogens with zero attached hydrogens (tertiary/aromatic N) is 2. The van der Waals surface area contributed by atoms with Crippen LogP contribution in [0.5, 0.6) is 0 Å². The number of rotatable bonds is 5. The number of hydrogen-bond acceptors (Lipinski definition) is 4. The van der Waals surface area contributed by atoms with E-state index in [9.17, 15) is 19.7 Å². The van der Waals surface area contributed by atoms with Gasteiger partial charge in [0.05, 0.1) is 11.5 Å². The zero-order chi connectivity index (χ0) is 15.3. The molecule has 0 unspecified atom stereocenters. The Morgan fingerprint density at radius 1 is 1.45 bits per heavy atom. The van der Waals surface area contributed by atoms with Gasteiger partial charge in [0.2, 0.25) is 5.91 Å². The van der Waals surface area contributed by atoms with Gasteiger partial charge in [-0.25, -0.2) is 0 Å². The Labute approximate surface area is 120 Å². The Morgan fingerprint density at radius 2 is 2.10 bits per heavy atom. The van der Waals surface area contributed by atoms with Crippen molar-refractivity contribution in [2.45, 2.75) is 6.92 Å². The third-order valence-electron chi connectivity index (χ3n) is 2.67. The Hall–Kier alpha value is -2.15. The van der Waals surface area contributed by atoms with Gasteiger partial charge in [0.1, 0.15) is 5.56 Å². The molecule has 108 valence electrons. The molecule has 0 saturated carbocycles. The molecular weight excluding hydrogens is 286 g/mol. The van der Waals surface area contributed by atoms with Gasteiger partial charge in [-0.1, -0.05) is 11.6 Å². The molecule has 0 atom stereocenters. The average molecular weight is 300 g/mol. The first-order valence-electron chi connectivity index (χ1n) is 5.84. The van der Waals surface area contributed by atoms with Crippen LogP contribution in [0, 0.1) is 10.1 Å². The molecule has 20 heavy (non-hydrogen) atoms. The highest BCUT2D eigenvalue weighted by molar-refractivity contribution is 6.31. The van der Waals surface area contributed by atoms with Gasteiger partial charge >= 0.3 is 0 Å². The molecule has 2 amide bonds. The van der Waals surface area contributed by atoms with Crippen LogP contribution >= 0.6 is 11.6 Å². The van der Waals surface area contributed by atoms with E-state index in [0.29, 0.717) is 0 Å². The van der Waals surface area contributed by atoms with Crippen molar-refractivity contribution in [3.8, 4) is 0 Å². The number of carbonyl (C=O) groups excluding carboxylic acids is 2. The molecule has 0 radical (unpaired) electrons. The summed E-state index contributed by atoms with van der Waals surface area (Å²) in [6, 6.07) is 3.74. The maximum Gasteiger partial charge on any atom is 0.282 e. The van der Waals surface area contributed by atoms with Crippen molar-refractivity contribution in [3.63, 3.8) is 0 Å². The van der Waals surface area contributed by atoms with Crippen molar-refractivity contribution < 1.29 is 14.5 Å². The fraction of sp³-hybridized carbons (Fsp3) is 0.333. The van der Waals surface area contributed by atoms with E-state index in [4.69, 9.17) is 11.6 Å². The van der Waals surface area contributed by atoms with Crippen LogP contribution in [0.1, 0.15) is 17.3 Å². The van der Waals surface area contributed by atoms with Crippen LogP contribution < -0.4 is 5.32 Å². The number of nitro groups is 1. The number of likely N-dealkylation sites (N-methyl/N-ethyl adjacent to an activating group) is 2. The van der Waals surface area contributed by atoms with E-state index in [1.807, 2.05) is 0 Å². The Kier molecular flexibility index (Phi) is 5.45. The largest absolute Gasteiger partial charge is 0.358 e. The van der Waals surface area contributed by atoms with Crippen molar-refractivity contribution in [2.75, 3.05) is 20.1 Å². The molecule has 0 heterocycles. The normalized spacial score (nSPS) is 9.95. The van der Waals surface area contributed by atoms with E-state index in [1.54, 1.807) is 6.92 Å². The van der Waals surface area contributed by atoms with Gasteiger partial charge in [0.15, 0.2) is 0 Å². The first-order chi connectivity index (χ1) is 9.40. The Bertz CT molecular complexity index is 548. The third-order valence-corrected chi connectivity index (χ3v) is 2.90. The van der Waals surface area contributed by atoms with Crippen LogP contribution in [0.15, 0.2) is 18.2 Å². The average Bonchev–Trinajstić information content (AvgIpc) is 2.43. The molecule has 0 aliphatic heterocycles. The molecule has 0 spiro atoms. The van der Waals surface area contributed by atoms with Crippen molar-refractivity contribution >= 4 is 29.1 Å². The Balaban J connectivity index is 3.14. The van der Waals surface area contributed by atoms with Gasteiger partial charge in [0, 0.05) is 24.7 Å². The highest BCUT2D eigenvalue weighted by Gasteiger charge is 2.25. The lowest BCUT2D eigenvalue weighted by Crippen LogP contribution is -2.39. The summed E-state index contributed by atoms with van der Waals surface area (Å²) in [6.07, 6.45) is 0.